The van der Waals surface area contributed by atoms with Gasteiger partial charge >= 0.3 is 0 Å². The highest BCUT2D eigenvalue weighted by atomic mass is 19.1. The number of benzene rings is 1. The van der Waals surface area contributed by atoms with Crippen molar-refractivity contribution in [3.63, 3.8) is 0 Å². The van der Waals surface area contributed by atoms with Gasteiger partial charge in [0, 0.05) is 0 Å². The predicted molar refractivity (Wildman–Crippen MR) is 55.7 cm³/mol. The molecule has 6 heteroatoms. The van der Waals surface area contributed by atoms with Gasteiger partial charge in [-0.2, -0.15) is 10.2 Å². The molecule has 0 atom stereocenters. The summed E-state index contributed by atoms with van der Waals surface area (Å²) in [4.78, 5) is 3.63. The standard InChI is InChI=1S/C11H7F2N3O/c1-5-2-3-6(12)8(9(5)13)11-16-7(4-14)10(15)17-11/h2-3H,15H2,1H3. The summed E-state index contributed by atoms with van der Waals surface area (Å²) in [5.74, 6) is -2.20. The van der Waals surface area contributed by atoms with E-state index in [2.05, 4.69) is 4.98 Å². The number of nitrogens with two attached hydrogens (primary N) is 1. The molecular formula is C11H7F2N3O. The van der Waals surface area contributed by atoms with Crippen LogP contribution in [0, 0.1) is 29.9 Å². The molecule has 2 aromatic rings. The largest absolute Gasteiger partial charge is 0.419 e. The minimum absolute atomic E-state index is 0.194. The second-order valence-electron chi connectivity index (χ2n) is 3.40. The van der Waals surface area contributed by atoms with E-state index < -0.39 is 17.2 Å². The Balaban J connectivity index is 2.69. The minimum Gasteiger partial charge on any atom is -0.419 e. The molecule has 0 aliphatic rings. The molecule has 0 aliphatic carbocycles. The smallest absolute Gasteiger partial charge is 0.236 e. The molecule has 0 unspecified atom stereocenters. The number of nitrogen functional groups attached to an aromatic ring is 1. The molecule has 0 bridgehead atoms. The van der Waals surface area contributed by atoms with Crippen LogP contribution < -0.4 is 5.73 Å². The zero-order valence-corrected chi connectivity index (χ0v) is 8.79. The van der Waals surface area contributed by atoms with E-state index in [1.807, 2.05) is 0 Å². The van der Waals surface area contributed by atoms with Gasteiger partial charge in [-0.3, -0.25) is 0 Å². The fourth-order valence-electron chi connectivity index (χ4n) is 1.37. The lowest BCUT2D eigenvalue weighted by Crippen LogP contribution is -1.93. The molecule has 2 N–H and O–H groups in total. The SMILES string of the molecule is Cc1ccc(F)c(-c2nc(C#N)c(N)o2)c1F. The van der Waals surface area contributed by atoms with E-state index in [9.17, 15) is 8.78 Å². The summed E-state index contributed by atoms with van der Waals surface area (Å²) < 4.78 is 32.1. The summed E-state index contributed by atoms with van der Waals surface area (Å²) in [6.07, 6.45) is 0. The van der Waals surface area contributed by atoms with Crippen LogP contribution in [0.4, 0.5) is 14.7 Å². The second-order valence-corrected chi connectivity index (χ2v) is 3.40. The highest BCUT2D eigenvalue weighted by Gasteiger charge is 2.20. The Morgan fingerprint density at radius 1 is 1.41 bits per heavy atom. The fraction of sp³-hybridized carbons (Fsp3) is 0.0909. The molecule has 86 valence electrons. The Morgan fingerprint density at radius 3 is 2.71 bits per heavy atom. The first-order valence-corrected chi connectivity index (χ1v) is 4.66. The average Bonchev–Trinajstić information content (AvgIpc) is 2.65. The van der Waals surface area contributed by atoms with E-state index in [4.69, 9.17) is 15.4 Å². The third kappa shape index (κ3) is 1.72. The first-order chi connectivity index (χ1) is 8.04. The van der Waals surface area contributed by atoms with Crippen molar-refractivity contribution in [2.45, 2.75) is 6.92 Å². The molecule has 2 rings (SSSR count). The van der Waals surface area contributed by atoms with Gasteiger partial charge in [0.15, 0.2) is 0 Å². The van der Waals surface area contributed by atoms with Gasteiger partial charge in [-0.15, -0.1) is 0 Å². The molecular weight excluding hydrogens is 228 g/mol. The van der Waals surface area contributed by atoms with Crippen molar-refractivity contribution in [3.8, 4) is 17.5 Å². The number of hydrogen-bond donors (Lipinski definition) is 1. The first-order valence-electron chi connectivity index (χ1n) is 4.66. The summed E-state index contributed by atoms with van der Waals surface area (Å²) in [5, 5.41) is 8.63. The summed E-state index contributed by atoms with van der Waals surface area (Å²) in [5.41, 5.74) is 4.97. The molecule has 1 aromatic heterocycles. The maximum absolute atomic E-state index is 13.7. The van der Waals surface area contributed by atoms with Gasteiger partial charge in [0.25, 0.3) is 0 Å². The quantitative estimate of drug-likeness (QED) is 0.823. The van der Waals surface area contributed by atoms with E-state index in [0.29, 0.717) is 0 Å². The fourth-order valence-corrected chi connectivity index (χ4v) is 1.37. The van der Waals surface area contributed by atoms with E-state index in [-0.39, 0.29) is 23.0 Å². The Labute approximate surface area is 95.3 Å². The number of halogens is 2. The molecule has 0 amide bonds. The average molecular weight is 235 g/mol. The molecule has 0 saturated carbocycles. The molecule has 17 heavy (non-hydrogen) atoms. The van der Waals surface area contributed by atoms with Gasteiger partial charge in [-0.25, -0.2) is 8.78 Å². The van der Waals surface area contributed by atoms with Crippen molar-refractivity contribution in [2.75, 3.05) is 5.73 Å². The van der Waals surface area contributed by atoms with Crippen LogP contribution in [0.2, 0.25) is 0 Å². The van der Waals surface area contributed by atoms with Crippen LogP contribution in [0.1, 0.15) is 11.3 Å². The van der Waals surface area contributed by atoms with Crippen LogP contribution in [0.5, 0.6) is 0 Å². The lowest BCUT2D eigenvalue weighted by atomic mass is 10.1. The highest BCUT2D eigenvalue weighted by Crippen LogP contribution is 2.29. The van der Waals surface area contributed by atoms with Crippen molar-refractivity contribution in [3.05, 3.63) is 35.0 Å². The van der Waals surface area contributed by atoms with Crippen LogP contribution in [0.25, 0.3) is 11.5 Å². The Kier molecular flexibility index (Phi) is 2.52. The number of oxazole rings is 1. The van der Waals surface area contributed by atoms with Gasteiger partial charge < -0.3 is 10.2 Å². The van der Waals surface area contributed by atoms with Crippen LogP contribution in [-0.2, 0) is 0 Å². The van der Waals surface area contributed by atoms with E-state index >= 15 is 0 Å². The summed E-state index contributed by atoms with van der Waals surface area (Å²) in [7, 11) is 0. The number of nitriles is 1. The highest BCUT2D eigenvalue weighted by molar-refractivity contribution is 5.60. The van der Waals surface area contributed by atoms with Crippen LogP contribution in [0.3, 0.4) is 0 Å². The molecule has 0 spiro atoms. The Hall–Kier alpha value is -2.42. The summed E-state index contributed by atoms with van der Waals surface area (Å²) in [6, 6.07) is 4.06. The molecule has 0 saturated heterocycles. The summed E-state index contributed by atoms with van der Waals surface area (Å²) >= 11 is 0. The monoisotopic (exact) mass is 235 g/mol. The first kappa shape index (κ1) is 11.1. The van der Waals surface area contributed by atoms with Crippen molar-refractivity contribution < 1.29 is 13.2 Å². The number of anilines is 1. The molecule has 1 heterocycles. The maximum Gasteiger partial charge on any atom is 0.236 e. The number of rotatable bonds is 1. The number of aromatic nitrogens is 1. The number of hydrogen-bond acceptors (Lipinski definition) is 4. The molecule has 1 aromatic carbocycles. The third-order valence-corrected chi connectivity index (χ3v) is 2.26. The normalized spacial score (nSPS) is 10.2. The molecule has 0 radical (unpaired) electrons. The second kappa shape index (κ2) is 3.87. The van der Waals surface area contributed by atoms with Crippen molar-refractivity contribution >= 4 is 5.88 Å². The minimum atomic E-state index is -0.821. The maximum atomic E-state index is 13.7. The third-order valence-electron chi connectivity index (χ3n) is 2.26. The Morgan fingerprint density at radius 2 is 2.12 bits per heavy atom. The van der Waals surface area contributed by atoms with Gasteiger partial charge in [0.1, 0.15) is 23.3 Å². The van der Waals surface area contributed by atoms with Crippen molar-refractivity contribution in [1.29, 1.82) is 5.26 Å². The number of nitrogens with zero attached hydrogens (tertiary/aromatic N) is 2. The zero-order chi connectivity index (χ0) is 12.6. The molecule has 0 fully saturated rings. The summed E-state index contributed by atoms with van der Waals surface area (Å²) in [6.45, 7) is 1.48. The van der Waals surface area contributed by atoms with Crippen molar-refractivity contribution in [2.24, 2.45) is 0 Å². The van der Waals surface area contributed by atoms with E-state index in [1.54, 1.807) is 6.07 Å². The zero-order valence-electron chi connectivity index (χ0n) is 8.79. The van der Waals surface area contributed by atoms with Gasteiger partial charge in [0.05, 0.1) is 0 Å². The van der Waals surface area contributed by atoms with Crippen molar-refractivity contribution in [1.82, 2.24) is 4.98 Å². The van der Waals surface area contributed by atoms with Gasteiger partial charge in [0.2, 0.25) is 17.5 Å². The molecule has 0 aliphatic heterocycles. The lowest BCUT2D eigenvalue weighted by Gasteiger charge is -2.02. The molecule has 4 nitrogen and oxygen atoms in total. The van der Waals surface area contributed by atoms with Gasteiger partial charge in [-0.1, -0.05) is 6.07 Å². The van der Waals surface area contributed by atoms with Crippen LogP contribution in [-0.4, -0.2) is 4.98 Å². The van der Waals surface area contributed by atoms with Gasteiger partial charge in [-0.05, 0) is 18.6 Å². The van der Waals surface area contributed by atoms with E-state index in [1.165, 1.54) is 13.0 Å². The number of aryl methyl sites for hydroxylation is 1. The lowest BCUT2D eigenvalue weighted by molar-refractivity contribution is 0.548. The topological polar surface area (TPSA) is 75.8 Å². The Bertz CT molecular complexity index is 628. The van der Waals surface area contributed by atoms with Crippen LogP contribution >= 0.6 is 0 Å². The van der Waals surface area contributed by atoms with Crippen LogP contribution in [0.15, 0.2) is 16.5 Å². The van der Waals surface area contributed by atoms with E-state index in [0.717, 1.165) is 6.07 Å². The predicted octanol–water partition coefficient (Wildman–Crippen LogP) is 2.38.